The third-order valence-corrected chi connectivity index (χ3v) is 7.38. The number of hydrogen-bond donors (Lipinski definition) is 3. The second-order valence-electron chi connectivity index (χ2n) is 9.22. The summed E-state index contributed by atoms with van der Waals surface area (Å²) in [5.74, 6) is 0.834. The van der Waals surface area contributed by atoms with E-state index in [1.54, 1.807) is 18.3 Å². The molecule has 1 saturated heterocycles. The summed E-state index contributed by atoms with van der Waals surface area (Å²) in [4.78, 5) is 32.3. The Balaban J connectivity index is 1.07. The Morgan fingerprint density at radius 3 is 2.56 bits per heavy atom. The first-order valence-electron chi connectivity index (χ1n) is 12.3. The third-order valence-electron chi connectivity index (χ3n) is 6.57. The quantitative estimate of drug-likeness (QED) is 0.365. The molecule has 1 aliphatic heterocycles. The highest BCUT2D eigenvalue weighted by Gasteiger charge is 2.25. The number of carbonyl (C=O) groups is 2. The number of thioether (sulfide) groups is 1. The van der Waals surface area contributed by atoms with E-state index in [-0.39, 0.29) is 11.1 Å². The summed E-state index contributed by atoms with van der Waals surface area (Å²) in [5, 5.41) is 9.00. The van der Waals surface area contributed by atoms with Gasteiger partial charge in [-0.05, 0) is 84.8 Å². The summed E-state index contributed by atoms with van der Waals surface area (Å²) in [6.45, 7) is 1.89. The molecule has 8 heteroatoms. The van der Waals surface area contributed by atoms with Crippen LogP contribution in [0.1, 0.15) is 36.9 Å². The predicted molar refractivity (Wildman–Crippen MR) is 144 cm³/mol. The Hall–Kier alpha value is -3.49. The van der Waals surface area contributed by atoms with Crippen LogP contribution < -0.4 is 16.0 Å². The van der Waals surface area contributed by atoms with E-state index in [9.17, 15) is 9.59 Å². The van der Waals surface area contributed by atoms with Crippen molar-refractivity contribution in [2.45, 2.75) is 38.3 Å². The normalized spacial score (nSPS) is 20.9. The monoisotopic (exact) mass is 499 g/mol. The lowest BCUT2D eigenvalue weighted by molar-refractivity contribution is -0.115. The minimum atomic E-state index is -0.381. The van der Waals surface area contributed by atoms with Gasteiger partial charge in [0.15, 0.2) is 0 Å². The Morgan fingerprint density at radius 1 is 0.972 bits per heavy atom. The van der Waals surface area contributed by atoms with Crippen molar-refractivity contribution in [2.24, 2.45) is 5.92 Å². The van der Waals surface area contributed by atoms with Crippen LogP contribution >= 0.6 is 11.8 Å². The molecular weight excluding hydrogens is 470 g/mol. The Bertz CT molecular complexity index is 1260. The van der Waals surface area contributed by atoms with E-state index >= 15 is 0 Å². The largest absolute Gasteiger partial charge is 0.351 e. The van der Waals surface area contributed by atoms with Crippen LogP contribution in [0.3, 0.4) is 0 Å². The van der Waals surface area contributed by atoms with E-state index in [2.05, 4.69) is 74.4 Å². The number of nitrogens with zero attached hydrogens (tertiary/aromatic N) is 2. The van der Waals surface area contributed by atoms with E-state index in [0.29, 0.717) is 28.5 Å². The zero-order chi connectivity index (χ0) is 24.7. The molecule has 0 atom stereocenters. The topological polar surface area (TPSA) is 96.0 Å². The first-order chi connectivity index (χ1) is 17.6. The summed E-state index contributed by atoms with van der Waals surface area (Å²) in [7, 11) is 0. The molecule has 2 heterocycles. The molecule has 3 aromatic rings. The van der Waals surface area contributed by atoms with Gasteiger partial charge in [0, 0.05) is 18.8 Å². The number of carbonyl (C=O) groups excluding carboxylic acids is 2. The van der Waals surface area contributed by atoms with Crippen LogP contribution in [0.15, 0.2) is 71.8 Å². The van der Waals surface area contributed by atoms with Crippen LogP contribution in [-0.2, 0) is 11.3 Å². The first kappa shape index (κ1) is 24.2. The van der Waals surface area contributed by atoms with Gasteiger partial charge < -0.3 is 10.6 Å². The van der Waals surface area contributed by atoms with Gasteiger partial charge in [0.25, 0.3) is 11.1 Å². The second-order valence-corrected chi connectivity index (χ2v) is 10.2. The van der Waals surface area contributed by atoms with Gasteiger partial charge in [0.2, 0.25) is 5.95 Å². The van der Waals surface area contributed by atoms with E-state index in [4.69, 9.17) is 0 Å². The van der Waals surface area contributed by atoms with E-state index in [1.807, 2.05) is 6.07 Å². The van der Waals surface area contributed by atoms with E-state index in [0.717, 1.165) is 50.5 Å². The zero-order valence-electron chi connectivity index (χ0n) is 19.9. The van der Waals surface area contributed by atoms with E-state index < -0.39 is 0 Å². The van der Waals surface area contributed by atoms with Crippen molar-refractivity contribution >= 4 is 34.9 Å². The number of amides is 2. The lowest BCUT2D eigenvalue weighted by Gasteiger charge is -2.29. The van der Waals surface area contributed by atoms with Gasteiger partial charge in [-0.1, -0.05) is 48.5 Å². The molecule has 2 amide bonds. The molecule has 0 bridgehead atoms. The number of imide groups is 1. The van der Waals surface area contributed by atoms with Crippen LogP contribution in [0.2, 0.25) is 0 Å². The molecule has 2 aliphatic rings. The molecule has 184 valence electrons. The summed E-state index contributed by atoms with van der Waals surface area (Å²) >= 11 is 0.889. The summed E-state index contributed by atoms with van der Waals surface area (Å²) < 4.78 is 0. The van der Waals surface area contributed by atoms with Gasteiger partial charge in [-0.15, -0.1) is 0 Å². The fourth-order valence-electron chi connectivity index (χ4n) is 4.68. The number of anilines is 1. The fraction of sp³-hybridized carbons (Fsp3) is 0.286. The van der Waals surface area contributed by atoms with Gasteiger partial charge in [-0.2, -0.15) is 0 Å². The van der Waals surface area contributed by atoms with Crippen molar-refractivity contribution in [3.8, 4) is 11.1 Å². The maximum atomic E-state index is 11.8. The zero-order valence-corrected chi connectivity index (χ0v) is 20.8. The average molecular weight is 500 g/mol. The van der Waals surface area contributed by atoms with Crippen LogP contribution in [0.25, 0.3) is 17.2 Å². The SMILES string of the molecule is O=C1NC(=O)/C(=C/c2ccnc(NC3CCC(CNCc4cccc(-c5ccccc5)c4)CC3)n2)S1. The smallest absolute Gasteiger partial charge is 0.290 e. The van der Waals surface area contributed by atoms with Crippen LogP contribution in [0, 0.1) is 5.92 Å². The Kier molecular flexibility index (Phi) is 7.73. The maximum Gasteiger partial charge on any atom is 0.290 e. The number of rotatable bonds is 8. The molecule has 0 radical (unpaired) electrons. The number of aromatic nitrogens is 2. The molecular formula is C28H29N5O2S. The fourth-order valence-corrected chi connectivity index (χ4v) is 5.35. The van der Waals surface area contributed by atoms with Crippen LogP contribution in [0.5, 0.6) is 0 Å². The molecule has 1 saturated carbocycles. The number of nitrogens with one attached hydrogen (secondary N) is 3. The lowest BCUT2D eigenvalue weighted by atomic mass is 9.86. The van der Waals surface area contributed by atoms with Gasteiger partial charge in [0.05, 0.1) is 10.6 Å². The molecule has 0 spiro atoms. The van der Waals surface area contributed by atoms with E-state index in [1.165, 1.54) is 16.7 Å². The molecule has 1 aromatic heterocycles. The van der Waals surface area contributed by atoms with Gasteiger partial charge in [-0.3, -0.25) is 14.9 Å². The Morgan fingerprint density at radius 2 is 1.78 bits per heavy atom. The summed E-state index contributed by atoms with van der Waals surface area (Å²) in [6, 6.07) is 21.3. The van der Waals surface area contributed by atoms with Crippen molar-refractivity contribution in [3.63, 3.8) is 0 Å². The lowest BCUT2D eigenvalue weighted by Crippen LogP contribution is -2.31. The van der Waals surface area contributed by atoms with Crippen molar-refractivity contribution in [3.05, 3.63) is 83.0 Å². The molecule has 2 aromatic carbocycles. The molecule has 2 fully saturated rings. The minimum absolute atomic E-state index is 0.331. The van der Waals surface area contributed by atoms with Crippen molar-refractivity contribution in [1.82, 2.24) is 20.6 Å². The number of benzene rings is 2. The molecule has 36 heavy (non-hydrogen) atoms. The van der Waals surface area contributed by atoms with Gasteiger partial charge in [-0.25, -0.2) is 9.97 Å². The Labute approximate surface area is 215 Å². The highest BCUT2D eigenvalue weighted by Crippen LogP contribution is 2.27. The average Bonchev–Trinajstić information content (AvgIpc) is 3.22. The maximum absolute atomic E-state index is 11.8. The van der Waals surface area contributed by atoms with Gasteiger partial charge in [0.1, 0.15) is 0 Å². The standard InChI is InChI=1S/C28H29N5O2S/c34-26-25(36-28(35)33-26)16-24-13-14-30-27(32-24)31-23-11-9-19(10-12-23)17-29-18-20-5-4-8-22(15-20)21-6-2-1-3-7-21/h1-8,13-16,19,23,29H,9-12,17-18H2,(H,30,31,32)(H,33,34,35)/b25-16-. The molecule has 3 N–H and O–H groups in total. The highest BCUT2D eigenvalue weighted by molar-refractivity contribution is 8.18. The van der Waals surface area contributed by atoms with Gasteiger partial charge >= 0.3 is 0 Å². The predicted octanol–water partition coefficient (Wildman–Crippen LogP) is 5.23. The van der Waals surface area contributed by atoms with Crippen LogP contribution in [0.4, 0.5) is 10.7 Å². The molecule has 1 aliphatic carbocycles. The third kappa shape index (κ3) is 6.38. The van der Waals surface area contributed by atoms with Crippen molar-refractivity contribution < 1.29 is 9.59 Å². The van der Waals surface area contributed by atoms with Crippen LogP contribution in [-0.4, -0.2) is 33.7 Å². The molecule has 5 rings (SSSR count). The second kappa shape index (κ2) is 11.5. The number of hydrogen-bond acceptors (Lipinski definition) is 7. The highest BCUT2D eigenvalue weighted by atomic mass is 32.2. The first-order valence-corrected chi connectivity index (χ1v) is 13.1. The van der Waals surface area contributed by atoms with Crippen molar-refractivity contribution in [1.29, 1.82) is 0 Å². The molecule has 0 unspecified atom stereocenters. The minimum Gasteiger partial charge on any atom is -0.351 e. The van der Waals surface area contributed by atoms with Crippen molar-refractivity contribution in [2.75, 3.05) is 11.9 Å². The summed E-state index contributed by atoms with van der Waals surface area (Å²) in [5.41, 5.74) is 4.41. The summed E-state index contributed by atoms with van der Waals surface area (Å²) in [6.07, 6.45) is 7.72. The molecule has 7 nitrogen and oxygen atoms in total.